The molecular weight excluding hydrogens is 256 g/mol. The van der Waals surface area contributed by atoms with E-state index in [0.29, 0.717) is 5.02 Å². The zero-order chi connectivity index (χ0) is 14.0. The van der Waals surface area contributed by atoms with Crippen molar-refractivity contribution in [2.24, 2.45) is 0 Å². The van der Waals surface area contributed by atoms with Crippen LogP contribution < -0.4 is 0 Å². The van der Waals surface area contributed by atoms with Crippen LogP contribution in [-0.4, -0.2) is 5.11 Å². The molecule has 0 unspecified atom stereocenters. The Morgan fingerprint density at radius 1 is 1.05 bits per heavy atom. The van der Waals surface area contributed by atoms with Gasteiger partial charge >= 0.3 is 0 Å². The quantitative estimate of drug-likeness (QED) is 0.821. The van der Waals surface area contributed by atoms with Gasteiger partial charge in [0.05, 0.1) is 5.02 Å². The highest BCUT2D eigenvalue weighted by molar-refractivity contribution is 6.34. The Bertz CT molecular complexity index is 577. The minimum absolute atomic E-state index is 0.142. The van der Waals surface area contributed by atoms with Crippen LogP contribution in [-0.2, 0) is 12.8 Å². The van der Waals surface area contributed by atoms with Crippen molar-refractivity contribution in [1.82, 2.24) is 0 Å². The summed E-state index contributed by atoms with van der Waals surface area (Å²) in [4.78, 5) is 0. The fourth-order valence-electron chi connectivity index (χ4n) is 2.56. The van der Waals surface area contributed by atoms with Crippen LogP contribution >= 0.6 is 11.6 Å². The van der Waals surface area contributed by atoms with E-state index in [4.69, 9.17) is 11.6 Å². The summed E-state index contributed by atoms with van der Waals surface area (Å²) in [6.45, 7) is 6.41. The van der Waals surface area contributed by atoms with Crippen LogP contribution in [0.3, 0.4) is 0 Å². The van der Waals surface area contributed by atoms with E-state index in [2.05, 4.69) is 32.9 Å². The lowest BCUT2D eigenvalue weighted by molar-refractivity contribution is 0.476. The highest BCUT2D eigenvalue weighted by Crippen LogP contribution is 2.38. The smallest absolute Gasteiger partial charge is 0.134 e. The van der Waals surface area contributed by atoms with Crippen LogP contribution in [0.25, 0.3) is 11.1 Å². The van der Waals surface area contributed by atoms with Crippen molar-refractivity contribution >= 4 is 11.6 Å². The lowest BCUT2D eigenvalue weighted by atomic mass is 9.90. The second-order valence-corrected chi connectivity index (χ2v) is 5.18. The molecule has 0 aliphatic rings. The number of halogens is 1. The minimum Gasteiger partial charge on any atom is -0.506 e. The summed E-state index contributed by atoms with van der Waals surface area (Å²) >= 11 is 6.28. The molecule has 0 amide bonds. The molecular formula is C17H19ClO. The van der Waals surface area contributed by atoms with Crippen LogP contribution in [0.15, 0.2) is 30.3 Å². The van der Waals surface area contributed by atoms with E-state index in [9.17, 15) is 5.11 Å². The Hall–Kier alpha value is -1.47. The Morgan fingerprint density at radius 2 is 1.63 bits per heavy atom. The van der Waals surface area contributed by atoms with Crippen LogP contribution in [0.1, 0.15) is 30.5 Å². The molecule has 0 atom stereocenters. The van der Waals surface area contributed by atoms with Crippen molar-refractivity contribution in [2.75, 3.05) is 0 Å². The van der Waals surface area contributed by atoms with Gasteiger partial charge in [-0.2, -0.15) is 0 Å². The first-order valence-electron chi connectivity index (χ1n) is 6.68. The van der Waals surface area contributed by atoms with Crippen LogP contribution in [0.2, 0.25) is 5.02 Å². The van der Waals surface area contributed by atoms with Gasteiger partial charge in [-0.3, -0.25) is 0 Å². The van der Waals surface area contributed by atoms with Gasteiger partial charge in [0.25, 0.3) is 0 Å². The van der Waals surface area contributed by atoms with Gasteiger partial charge in [-0.1, -0.05) is 55.3 Å². The van der Waals surface area contributed by atoms with E-state index in [0.717, 1.165) is 18.4 Å². The number of phenolic OH excluding ortho intramolecular Hbond substituents is 1. The van der Waals surface area contributed by atoms with E-state index < -0.39 is 0 Å². The summed E-state index contributed by atoms with van der Waals surface area (Å²) in [6, 6.07) is 9.85. The van der Waals surface area contributed by atoms with Crippen LogP contribution in [0, 0.1) is 6.92 Å². The average Bonchev–Trinajstić information content (AvgIpc) is 2.41. The fourth-order valence-corrected chi connectivity index (χ4v) is 2.78. The summed E-state index contributed by atoms with van der Waals surface area (Å²) in [6.07, 6.45) is 1.91. The molecule has 0 saturated carbocycles. The molecule has 2 aromatic carbocycles. The lowest BCUT2D eigenvalue weighted by Crippen LogP contribution is -1.96. The third-order valence-electron chi connectivity index (χ3n) is 3.46. The number of aryl methyl sites for hydroxylation is 3. The second kappa shape index (κ2) is 5.66. The fraction of sp³-hybridized carbons (Fsp3) is 0.294. The molecule has 0 aliphatic heterocycles. The van der Waals surface area contributed by atoms with Crippen molar-refractivity contribution in [3.05, 3.63) is 52.0 Å². The predicted molar refractivity (Wildman–Crippen MR) is 82.0 cm³/mol. The molecule has 2 rings (SSSR count). The van der Waals surface area contributed by atoms with Crippen molar-refractivity contribution in [2.45, 2.75) is 33.6 Å². The topological polar surface area (TPSA) is 20.2 Å². The van der Waals surface area contributed by atoms with E-state index >= 15 is 0 Å². The molecule has 0 radical (unpaired) electrons. The molecule has 0 fully saturated rings. The van der Waals surface area contributed by atoms with Crippen molar-refractivity contribution in [1.29, 1.82) is 0 Å². The summed E-state index contributed by atoms with van der Waals surface area (Å²) in [5.41, 5.74) is 5.94. The number of rotatable bonds is 3. The van der Waals surface area contributed by atoms with Gasteiger partial charge < -0.3 is 5.11 Å². The SMILES string of the molecule is CCc1cc(C)cc(CC)c1-c1cccc(O)c1Cl. The maximum Gasteiger partial charge on any atom is 0.134 e. The lowest BCUT2D eigenvalue weighted by Gasteiger charge is -2.16. The van der Waals surface area contributed by atoms with Crippen molar-refractivity contribution in [3.8, 4) is 16.9 Å². The molecule has 0 aromatic heterocycles. The Balaban J connectivity index is 2.76. The van der Waals surface area contributed by atoms with E-state index in [1.807, 2.05) is 12.1 Å². The van der Waals surface area contributed by atoms with Gasteiger partial charge in [-0.05, 0) is 42.5 Å². The minimum atomic E-state index is 0.142. The summed E-state index contributed by atoms with van der Waals surface area (Å²) < 4.78 is 0. The van der Waals surface area contributed by atoms with E-state index in [1.165, 1.54) is 22.3 Å². The Labute approximate surface area is 119 Å². The Morgan fingerprint density at radius 3 is 2.16 bits per heavy atom. The predicted octanol–water partition coefficient (Wildman–Crippen LogP) is 5.15. The highest BCUT2D eigenvalue weighted by atomic mass is 35.5. The molecule has 0 saturated heterocycles. The van der Waals surface area contributed by atoms with Crippen LogP contribution in [0.4, 0.5) is 0 Å². The van der Waals surface area contributed by atoms with Gasteiger partial charge in [0.2, 0.25) is 0 Å². The molecule has 1 N–H and O–H groups in total. The van der Waals surface area contributed by atoms with Crippen LogP contribution in [0.5, 0.6) is 5.75 Å². The largest absolute Gasteiger partial charge is 0.506 e. The zero-order valence-electron chi connectivity index (χ0n) is 11.6. The van der Waals surface area contributed by atoms with Gasteiger partial charge in [0, 0.05) is 5.56 Å². The van der Waals surface area contributed by atoms with Gasteiger partial charge in [0.1, 0.15) is 5.75 Å². The summed E-state index contributed by atoms with van der Waals surface area (Å²) in [5, 5.41) is 10.3. The Kier molecular flexibility index (Phi) is 4.16. The number of aromatic hydroxyl groups is 1. The number of phenols is 1. The normalized spacial score (nSPS) is 10.7. The summed E-state index contributed by atoms with van der Waals surface area (Å²) in [7, 11) is 0. The molecule has 2 heteroatoms. The van der Waals surface area contributed by atoms with Crippen molar-refractivity contribution < 1.29 is 5.11 Å². The molecule has 0 heterocycles. The van der Waals surface area contributed by atoms with Gasteiger partial charge in [-0.15, -0.1) is 0 Å². The number of benzene rings is 2. The maximum absolute atomic E-state index is 9.81. The summed E-state index contributed by atoms with van der Waals surface area (Å²) in [5.74, 6) is 0.142. The first-order valence-corrected chi connectivity index (χ1v) is 7.06. The first kappa shape index (κ1) is 14.0. The monoisotopic (exact) mass is 274 g/mol. The molecule has 19 heavy (non-hydrogen) atoms. The van der Waals surface area contributed by atoms with Gasteiger partial charge in [-0.25, -0.2) is 0 Å². The maximum atomic E-state index is 9.81. The standard InChI is InChI=1S/C17H19ClO/c1-4-12-9-11(3)10-13(5-2)16(12)14-7-6-8-15(19)17(14)18/h6-10,19H,4-5H2,1-3H3. The molecule has 0 bridgehead atoms. The van der Waals surface area contributed by atoms with E-state index in [-0.39, 0.29) is 5.75 Å². The van der Waals surface area contributed by atoms with Crippen molar-refractivity contribution in [3.63, 3.8) is 0 Å². The second-order valence-electron chi connectivity index (χ2n) is 4.80. The molecule has 0 spiro atoms. The third kappa shape index (κ3) is 2.62. The van der Waals surface area contributed by atoms with Gasteiger partial charge in [0.15, 0.2) is 0 Å². The third-order valence-corrected chi connectivity index (χ3v) is 3.85. The number of hydrogen-bond donors (Lipinski definition) is 1. The number of hydrogen-bond acceptors (Lipinski definition) is 1. The highest BCUT2D eigenvalue weighted by Gasteiger charge is 2.14. The molecule has 100 valence electrons. The molecule has 2 aromatic rings. The average molecular weight is 275 g/mol. The first-order chi connectivity index (χ1) is 9.08. The zero-order valence-corrected chi connectivity index (χ0v) is 12.4. The molecule has 0 aliphatic carbocycles. The van der Waals surface area contributed by atoms with E-state index in [1.54, 1.807) is 6.07 Å². The molecule has 1 nitrogen and oxygen atoms in total.